The van der Waals surface area contributed by atoms with Crippen LogP contribution in [-0.4, -0.2) is 44.3 Å². The van der Waals surface area contributed by atoms with Gasteiger partial charge in [0.05, 0.1) is 28.9 Å². The molecule has 1 fully saturated rings. The van der Waals surface area contributed by atoms with Crippen LogP contribution in [0.1, 0.15) is 31.7 Å². The molecule has 1 saturated carbocycles. The average molecular weight is 605 g/mol. The number of alkyl halides is 3. The molecule has 3 N–H and O–H groups in total. The number of aromatic nitrogens is 1. The molecule has 1 aliphatic carbocycles. The van der Waals surface area contributed by atoms with Crippen LogP contribution in [0.5, 0.6) is 11.6 Å². The van der Waals surface area contributed by atoms with E-state index in [1.54, 1.807) is 6.92 Å². The number of aliphatic imine (C=N–C) groups is 1. The number of rotatable bonds is 8. The largest absolute Gasteiger partial charge is 0.465 e. The lowest BCUT2D eigenvalue weighted by atomic mass is 9.89. The van der Waals surface area contributed by atoms with E-state index >= 15 is 0 Å². The molecule has 0 bridgehead atoms. The number of benzene rings is 1. The zero-order valence-electron chi connectivity index (χ0n) is 19.6. The fourth-order valence-electron chi connectivity index (χ4n) is 3.56. The van der Waals surface area contributed by atoms with Crippen LogP contribution in [0, 0.1) is 0 Å². The minimum absolute atomic E-state index is 0.0349. The molecule has 0 saturated heterocycles. The van der Waals surface area contributed by atoms with Gasteiger partial charge < -0.3 is 15.2 Å². The van der Waals surface area contributed by atoms with Crippen molar-refractivity contribution in [3.05, 3.63) is 58.3 Å². The maximum absolute atomic E-state index is 13.1. The lowest BCUT2D eigenvalue weighted by Gasteiger charge is -2.27. The van der Waals surface area contributed by atoms with Gasteiger partial charge in [0.25, 0.3) is 0 Å². The molecule has 1 aliphatic rings. The Kier molecular flexibility index (Phi) is 9.31. The second-order valence-corrected chi connectivity index (χ2v) is 10.4. The Hall–Kier alpha value is -2.97. The van der Waals surface area contributed by atoms with Crippen LogP contribution in [0.2, 0.25) is 0 Å². The van der Waals surface area contributed by atoms with E-state index in [0.717, 1.165) is 30.5 Å². The number of carbonyl (C=O) groups excluding carboxylic acids is 1. The zero-order chi connectivity index (χ0) is 27.2. The lowest BCUT2D eigenvalue weighted by Crippen LogP contribution is -2.41. The van der Waals surface area contributed by atoms with E-state index in [1.165, 1.54) is 12.3 Å². The van der Waals surface area contributed by atoms with Gasteiger partial charge in [-0.1, -0.05) is 0 Å². The second kappa shape index (κ2) is 12.0. The molecule has 14 heteroatoms. The van der Waals surface area contributed by atoms with Crippen molar-refractivity contribution < 1.29 is 35.9 Å². The van der Waals surface area contributed by atoms with Gasteiger partial charge in [-0.05, 0) is 72.4 Å². The van der Waals surface area contributed by atoms with Gasteiger partial charge in [0.1, 0.15) is 17.2 Å². The summed E-state index contributed by atoms with van der Waals surface area (Å²) in [4.78, 5) is 19.7. The van der Waals surface area contributed by atoms with Crippen molar-refractivity contribution in [2.24, 2.45) is 10.7 Å². The number of nitrogens with two attached hydrogens (primary N) is 1. The van der Waals surface area contributed by atoms with E-state index in [0.29, 0.717) is 30.5 Å². The van der Waals surface area contributed by atoms with Crippen molar-refractivity contribution in [2.45, 2.75) is 43.3 Å². The third kappa shape index (κ3) is 7.52. The standard InChI is InChI=1S/C23H24BrF3N4O5S/c1-2-35-21(32)13-29-19-4-3-5-20(17(19)11-28)31-37(33,34)16-10-18(24)22(30-12-16)36-15-8-6-14(7-9-15)23(25,26)27/h6-12,20,31H,2-5,13,28H2,1H3. The first-order valence-electron chi connectivity index (χ1n) is 11.1. The molecule has 0 amide bonds. The van der Waals surface area contributed by atoms with Crippen molar-refractivity contribution in [1.29, 1.82) is 0 Å². The van der Waals surface area contributed by atoms with Gasteiger partial charge in [0.2, 0.25) is 15.9 Å². The highest BCUT2D eigenvalue weighted by Crippen LogP contribution is 2.33. The predicted octanol–water partition coefficient (Wildman–Crippen LogP) is 4.33. The summed E-state index contributed by atoms with van der Waals surface area (Å²) in [5.41, 5.74) is 5.92. The number of carbonyl (C=O) groups is 1. The number of hydrogen-bond acceptors (Lipinski definition) is 8. The molecule has 200 valence electrons. The van der Waals surface area contributed by atoms with Gasteiger partial charge in [0, 0.05) is 17.5 Å². The number of nitrogens with zero attached hydrogens (tertiary/aromatic N) is 2. The van der Waals surface area contributed by atoms with E-state index in [1.807, 2.05) is 0 Å². The van der Waals surface area contributed by atoms with E-state index in [2.05, 4.69) is 30.6 Å². The van der Waals surface area contributed by atoms with Crippen molar-refractivity contribution in [1.82, 2.24) is 9.71 Å². The SMILES string of the molecule is CCOC(=O)CN=C1CCCC(NS(=O)(=O)c2cnc(Oc3ccc(C(F)(F)F)cc3)c(Br)c2)C1=CN. The third-order valence-electron chi connectivity index (χ3n) is 5.29. The molecule has 0 aliphatic heterocycles. The summed E-state index contributed by atoms with van der Waals surface area (Å²) in [6, 6.07) is 4.58. The summed E-state index contributed by atoms with van der Waals surface area (Å²) in [7, 11) is -4.07. The first-order chi connectivity index (χ1) is 17.4. The summed E-state index contributed by atoms with van der Waals surface area (Å²) < 4.78 is 77.5. The van der Waals surface area contributed by atoms with Crippen molar-refractivity contribution >= 4 is 37.6 Å². The zero-order valence-corrected chi connectivity index (χ0v) is 22.0. The van der Waals surface area contributed by atoms with Crippen LogP contribution in [0.3, 0.4) is 0 Å². The quantitative estimate of drug-likeness (QED) is 0.428. The molecule has 3 rings (SSSR count). The molecular weight excluding hydrogens is 581 g/mol. The molecular formula is C23H24BrF3N4O5S. The molecule has 1 heterocycles. The Morgan fingerprint density at radius 1 is 1.32 bits per heavy atom. The fraction of sp³-hybridized carbons (Fsp3) is 0.348. The molecule has 1 unspecified atom stereocenters. The van der Waals surface area contributed by atoms with Crippen molar-refractivity contribution in [2.75, 3.05) is 13.2 Å². The summed E-state index contributed by atoms with van der Waals surface area (Å²) in [6.07, 6.45) is -0.532. The highest BCUT2D eigenvalue weighted by Gasteiger charge is 2.31. The van der Waals surface area contributed by atoms with Gasteiger partial charge in [-0.25, -0.2) is 18.1 Å². The highest BCUT2D eigenvalue weighted by molar-refractivity contribution is 9.10. The third-order valence-corrected chi connectivity index (χ3v) is 7.29. The molecule has 1 atom stereocenters. The lowest BCUT2D eigenvalue weighted by molar-refractivity contribution is -0.141. The van der Waals surface area contributed by atoms with E-state index in [4.69, 9.17) is 15.2 Å². The van der Waals surface area contributed by atoms with Gasteiger partial charge >= 0.3 is 12.1 Å². The molecule has 2 aromatic rings. The van der Waals surface area contributed by atoms with Crippen LogP contribution < -0.4 is 15.2 Å². The normalized spacial score (nSPS) is 18.7. The second-order valence-electron chi connectivity index (χ2n) is 7.84. The smallest absolute Gasteiger partial charge is 0.416 e. The van der Waals surface area contributed by atoms with Crippen molar-refractivity contribution in [3.8, 4) is 11.6 Å². The van der Waals surface area contributed by atoms with Crippen LogP contribution >= 0.6 is 15.9 Å². The number of ether oxygens (including phenoxy) is 2. The first kappa shape index (κ1) is 28.6. The van der Waals surface area contributed by atoms with Crippen LogP contribution in [-0.2, 0) is 25.7 Å². The number of hydrogen-bond donors (Lipinski definition) is 2. The van der Waals surface area contributed by atoms with E-state index in [9.17, 15) is 26.4 Å². The highest BCUT2D eigenvalue weighted by atomic mass is 79.9. The predicted molar refractivity (Wildman–Crippen MR) is 133 cm³/mol. The van der Waals surface area contributed by atoms with Gasteiger partial charge in [-0.3, -0.25) is 9.79 Å². The summed E-state index contributed by atoms with van der Waals surface area (Å²) >= 11 is 3.20. The molecule has 0 spiro atoms. The Morgan fingerprint density at radius 2 is 2.03 bits per heavy atom. The number of esters is 1. The van der Waals surface area contributed by atoms with Crippen LogP contribution in [0.25, 0.3) is 0 Å². The van der Waals surface area contributed by atoms with Gasteiger partial charge in [-0.2, -0.15) is 13.2 Å². The summed E-state index contributed by atoms with van der Waals surface area (Å²) in [5, 5.41) is 0. The van der Waals surface area contributed by atoms with Crippen molar-refractivity contribution in [3.63, 3.8) is 0 Å². The fourth-order valence-corrected chi connectivity index (χ4v) is 5.36. The Morgan fingerprint density at radius 3 is 2.62 bits per heavy atom. The molecule has 1 aromatic heterocycles. The van der Waals surface area contributed by atoms with Gasteiger partial charge in [0.15, 0.2) is 0 Å². The number of sulfonamides is 1. The topological polar surface area (TPSA) is 133 Å². The van der Waals surface area contributed by atoms with Gasteiger partial charge in [-0.15, -0.1) is 0 Å². The number of pyridine rings is 1. The van der Waals surface area contributed by atoms with E-state index in [-0.39, 0.29) is 34.1 Å². The average Bonchev–Trinajstić information content (AvgIpc) is 2.83. The number of halogens is 4. The maximum atomic E-state index is 13.1. The minimum atomic E-state index is -4.48. The monoisotopic (exact) mass is 604 g/mol. The number of nitrogens with one attached hydrogen (secondary N) is 1. The first-order valence-corrected chi connectivity index (χ1v) is 13.4. The summed E-state index contributed by atoms with van der Waals surface area (Å²) in [6.45, 7) is 1.71. The Balaban J connectivity index is 1.74. The molecule has 9 nitrogen and oxygen atoms in total. The van der Waals surface area contributed by atoms with Crippen LogP contribution in [0.4, 0.5) is 13.2 Å². The molecule has 37 heavy (non-hydrogen) atoms. The Labute approximate surface area is 220 Å². The maximum Gasteiger partial charge on any atom is 0.416 e. The molecule has 1 aromatic carbocycles. The Bertz CT molecular complexity index is 1300. The molecule has 0 radical (unpaired) electrons. The van der Waals surface area contributed by atoms with E-state index < -0.39 is 33.8 Å². The minimum Gasteiger partial charge on any atom is -0.465 e. The summed E-state index contributed by atoms with van der Waals surface area (Å²) in [5.74, 6) is -0.444. The van der Waals surface area contributed by atoms with Crippen LogP contribution in [0.15, 0.2) is 62.7 Å².